The van der Waals surface area contributed by atoms with Crippen LogP contribution in [0.25, 0.3) is 0 Å². The van der Waals surface area contributed by atoms with Crippen molar-refractivity contribution < 1.29 is 0 Å². The lowest BCUT2D eigenvalue weighted by molar-refractivity contribution is 0.692. The third-order valence-corrected chi connectivity index (χ3v) is 4.77. The largest absolute Gasteiger partial charge is 0.192 e. The van der Waals surface area contributed by atoms with Crippen LogP contribution in [0.5, 0.6) is 0 Å². The highest BCUT2D eigenvalue weighted by molar-refractivity contribution is 5.52. The summed E-state index contributed by atoms with van der Waals surface area (Å²) in [6.45, 7) is 2.11. The molecule has 0 atom stereocenters. The van der Waals surface area contributed by atoms with Crippen molar-refractivity contribution >= 4 is 0 Å². The SMILES string of the molecule is CC(c1ccc(C#N)cc1)(c1ccc(C#N)cc1)c1ccc(C#N)cc1. The van der Waals surface area contributed by atoms with E-state index in [1.54, 1.807) is 36.4 Å². The predicted octanol–water partition coefficient (Wildman–Crippen LogP) is 4.66. The number of nitrogens with zero attached hydrogens (tertiary/aromatic N) is 3. The molecule has 0 unspecified atom stereocenters. The third-order valence-electron chi connectivity index (χ3n) is 4.77. The van der Waals surface area contributed by atoms with Gasteiger partial charge in [0.15, 0.2) is 0 Å². The van der Waals surface area contributed by atoms with Gasteiger partial charge >= 0.3 is 0 Å². The summed E-state index contributed by atoms with van der Waals surface area (Å²) in [6, 6.07) is 29.0. The van der Waals surface area contributed by atoms with Gasteiger partial charge < -0.3 is 0 Å². The van der Waals surface area contributed by atoms with Crippen molar-refractivity contribution in [3.05, 3.63) is 106 Å². The zero-order valence-corrected chi connectivity index (χ0v) is 14.3. The van der Waals surface area contributed by atoms with Crippen LogP contribution in [-0.2, 0) is 5.41 Å². The average Bonchev–Trinajstić information content (AvgIpc) is 2.73. The van der Waals surface area contributed by atoms with E-state index in [9.17, 15) is 0 Å². The molecule has 0 heterocycles. The molecule has 0 saturated heterocycles. The van der Waals surface area contributed by atoms with E-state index in [4.69, 9.17) is 15.8 Å². The lowest BCUT2D eigenvalue weighted by Gasteiger charge is -2.32. The maximum absolute atomic E-state index is 9.07. The second-order valence-electron chi connectivity index (χ2n) is 6.19. The Balaban J connectivity index is 2.20. The first kappa shape index (κ1) is 17.0. The van der Waals surface area contributed by atoms with E-state index in [1.165, 1.54) is 0 Å². The fourth-order valence-electron chi connectivity index (χ4n) is 3.13. The van der Waals surface area contributed by atoms with Crippen molar-refractivity contribution in [3.8, 4) is 18.2 Å². The van der Waals surface area contributed by atoms with E-state index in [2.05, 4.69) is 25.1 Å². The van der Waals surface area contributed by atoms with E-state index in [0.717, 1.165) is 16.7 Å². The number of hydrogen-bond acceptors (Lipinski definition) is 3. The molecule has 0 radical (unpaired) electrons. The summed E-state index contributed by atoms with van der Waals surface area (Å²) in [4.78, 5) is 0. The molecule has 3 heteroatoms. The van der Waals surface area contributed by atoms with Gasteiger partial charge in [0.05, 0.1) is 34.9 Å². The summed E-state index contributed by atoms with van der Waals surface area (Å²) < 4.78 is 0. The normalized spacial score (nSPS) is 10.4. The van der Waals surface area contributed by atoms with Crippen molar-refractivity contribution in [2.45, 2.75) is 12.3 Å². The van der Waals surface area contributed by atoms with Crippen LogP contribution in [0.1, 0.15) is 40.3 Å². The molecule has 0 amide bonds. The van der Waals surface area contributed by atoms with Gasteiger partial charge in [-0.25, -0.2) is 0 Å². The predicted molar refractivity (Wildman–Crippen MR) is 99.0 cm³/mol. The van der Waals surface area contributed by atoms with Crippen molar-refractivity contribution in [2.24, 2.45) is 0 Å². The quantitative estimate of drug-likeness (QED) is 0.655. The Morgan fingerprint density at radius 1 is 0.500 bits per heavy atom. The standard InChI is InChI=1S/C23H15N3/c1-23(20-8-2-17(14-24)3-9-20,21-10-4-18(15-25)5-11-21)22-12-6-19(16-26)7-13-22/h2-13H,1H3. The number of benzene rings is 3. The lowest BCUT2D eigenvalue weighted by Crippen LogP contribution is -2.25. The summed E-state index contributed by atoms with van der Waals surface area (Å²) >= 11 is 0. The molecule has 122 valence electrons. The summed E-state index contributed by atoms with van der Waals surface area (Å²) in [5.74, 6) is 0. The highest BCUT2D eigenvalue weighted by Gasteiger charge is 2.31. The number of hydrogen-bond donors (Lipinski definition) is 0. The Morgan fingerprint density at radius 2 is 0.731 bits per heavy atom. The molecule has 3 rings (SSSR count). The second-order valence-corrected chi connectivity index (χ2v) is 6.19. The molecular weight excluding hydrogens is 318 g/mol. The van der Waals surface area contributed by atoms with Crippen LogP contribution >= 0.6 is 0 Å². The zero-order chi connectivity index (χ0) is 18.6. The number of nitriles is 3. The fraction of sp³-hybridized carbons (Fsp3) is 0.0870. The van der Waals surface area contributed by atoms with Crippen molar-refractivity contribution in [3.63, 3.8) is 0 Å². The Morgan fingerprint density at radius 3 is 0.923 bits per heavy atom. The lowest BCUT2D eigenvalue weighted by atomic mass is 9.71. The highest BCUT2D eigenvalue weighted by Crippen LogP contribution is 2.39. The van der Waals surface area contributed by atoms with Gasteiger partial charge in [-0.2, -0.15) is 15.8 Å². The molecule has 0 aliphatic heterocycles. The minimum atomic E-state index is -0.476. The summed E-state index contributed by atoms with van der Waals surface area (Å²) in [7, 11) is 0. The minimum absolute atomic E-state index is 0.476. The van der Waals surface area contributed by atoms with Crippen molar-refractivity contribution in [1.29, 1.82) is 15.8 Å². The van der Waals surface area contributed by atoms with Gasteiger partial charge in [0, 0.05) is 5.41 Å². The molecule has 0 N–H and O–H groups in total. The van der Waals surface area contributed by atoms with Crippen molar-refractivity contribution in [1.82, 2.24) is 0 Å². The second kappa shape index (κ2) is 6.94. The molecule has 0 aliphatic carbocycles. The average molecular weight is 333 g/mol. The Labute approximate surface area is 153 Å². The molecule has 3 aromatic rings. The fourth-order valence-corrected chi connectivity index (χ4v) is 3.13. The smallest absolute Gasteiger partial charge is 0.0991 e. The molecule has 3 nitrogen and oxygen atoms in total. The van der Waals surface area contributed by atoms with E-state index < -0.39 is 5.41 Å². The molecular formula is C23H15N3. The molecule has 0 aliphatic rings. The van der Waals surface area contributed by atoms with Gasteiger partial charge in [0.2, 0.25) is 0 Å². The van der Waals surface area contributed by atoms with Crippen LogP contribution in [0, 0.1) is 34.0 Å². The van der Waals surface area contributed by atoms with Gasteiger partial charge in [0.25, 0.3) is 0 Å². The van der Waals surface area contributed by atoms with Gasteiger partial charge in [0.1, 0.15) is 0 Å². The highest BCUT2D eigenvalue weighted by atomic mass is 14.3. The van der Waals surface area contributed by atoms with E-state index in [1.807, 2.05) is 36.4 Å². The first-order valence-electron chi connectivity index (χ1n) is 8.13. The van der Waals surface area contributed by atoms with Crippen LogP contribution in [-0.4, -0.2) is 0 Å². The zero-order valence-electron chi connectivity index (χ0n) is 14.3. The first-order chi connectivity index (χ1) is 12.6. The summed E-state index contributed by atoms with van der Waals surface area (Å²) in [6.07, 6.45) is 0. The van der Waals surface area contributed by atoms with Crippen LogP contribution in [0.3, 0.4) is 0 Å². The summed E-state index contributed by atoms with van der Waals surface area (Å²) in [5, 5.41) is 27.2. The number of rotatable bonds is 3. The maximum Gasteiger partial charge on any atom is 0.0991 e. The van der Waals surface area contributed by atoms with Crippen molar-refractivity contribution in [2.75, 3.05) is 0 Å². The van der Waals surface area contributed by atoms with E-state index >= 15 is 0 Å². The Bertz CT molecular complexity index is 900. The van der Waals surface area contributed by atoms with Crippen LogP contribution in [0.4, 0.5) is 0 Å². The van der Waals surface area contributed by atoms with Gasteiger partial charge in [-0.3, -0.25) is 0 Å². The van der Waals surface area contributed by atoms with Gasteiger partial charge in [-0.05, 0) is 60.0 Å². The maximum atomic E-state index is 9.07. The topological polar surface area (TPSA) is 71.4 Å². The van der Waals surface area contributed by atoms with Crippen LogP contribution < -0.4 is 0 Å². The van der Waals surface area contributed by atoms with E-state index in [-0.39, 0.29) is 0 Å². The molecule has 26 heavy (non-hydrogen) atoms. The Hall–Kier alpha value is -3.87. The monoisotopic (exact) mass is 333 g/mol. The van der Waals surface area contributed by atoms with Crippen LogP contribution in [0.2, 0.25) is 0 Å². The third kappa shape index (κ3) is 2.93. The summed E-state index contributed by atoms with van der Waals surface area (Å²) in [5.41, 5.74) is 4.45. The molecule has 0 bridgehead atoms. The van der Waals surface area contributed by atoms with Gasteiger partial charge in [-0.15, -0.1) is 0 Å². The Kier molecular flexibility index (Phi) is 4.53. The molecule has 3 aromatic carbocycles. The minimum Gasteiger partial charge on any atom is -0.192 e. The molecule has 0 saturated carbocycles. The molecule has 0 fully saturated rings. The molecule has 0 spiro atoms. The first-order valence-corrected chi connectivity index (χ1v) is 8.13. The van der Waals surface area contributed by atoms with Crippen LogP contribution in [0.15, 0.2) is 72.8 Å². The molecule has 0 aromatic heterocycles. The van der Waals surface area contributed by atoms with E-state index in [0.29, 0.717) is 16.7 Å². The van der Waals surface area contributed by atoms with Gasteiger partial charge in [-0.1, -0.05) is 36.4 Å².